The second kappa shape index (κ2) is 7.43. The van der Waals surface area contributed by atoms with Crippen molar-refractivity contribution in [3.8, 4) is 0 Å². The van der Waals surface area contributed by atoms with Gasteiger partial charge in [-0.3, -0.25) is 0 Å². The minimum atomic E-state index is -0.297. The quantitative estimate of drug-likeness (QED) is 0.813. The van der Waals surface area contributed by atoms with Crippen LogP contribution < -0.4 is 4.90 Å². The van der Waals surface area contributed by atoms with Crippen molar-refractivity contribution in [2.24, 2.45) is 17.3 Å². The summed E-state index contributed by atoms with van der Waals surface area (Å²) >= 11 is 0. The van der Waals surface area contributed by atoms with Crippen LogP contribution in [0.2, 0.25) is 0 Å². The lowest BCUT2D eigenvalue weighted by atomic mass is 9.71. The molecular formula is C18H36NO2+. The number of nitrogens with one attached hydrogen (secondary N) is 1. The Morgan fingerprint density at radius 1 is 1.14 bits per heavy atom. The minimum absolute atomic E-state index is 0.297. The molecule has 0 radical (unpaired) electrons. The molecule has 3 nitrogen and oxygen atoms in total. The molecule has 3 atom stereocenters. The smallest absolute Gasteiger partial charge is 0.126 e. The zero-order valence-corrected chi connectivity index (χ0v) is 14.5. The molecule has 1 heterocycles. The van der Waals surface area contributed by atoms with Crippen molar-refractivity contribution in [2.75, 3.05) is 26.2 Å². The summed E-state index contributed by atoms with van der Waals surface area (Å²) in [7, 11) is 0. The van der Waals surface area contributed by atoms with Crippen molar-refractivity contribution in [3.05, 3.63) is 0 Å². The van der Waals surface area contributed by atoms with Gasteiger partial charge in [0.05, 0.1) is 25.8 Å². The molecule has 0 unspecified atom stereocenters. The number of aliphatic hydroxyl groups is 1. The average Bonchev–Trinajstić information content (AvgIpc) is 2.37. The largest absolute Gasteiger partial charge is 0.385 e. The molecule has 3 heteroatoms. The van der Waals surface area contributed by atoms with Crippen LogP contribution in [-0.4, -0.2) is 43.6 Å². The Morgan fingerprint density at radius 2 is 1.81 bits per heavy atom. The summed E-state index contributed by atoms with van der Waals surface area (Å²) in [5.41, 5.74) is 0.390. The van der Waals surface area contributed by atoms with Crippen LogP contribution >= 0.6 is 0 Å². The van der Waals surface area contributed by atoms with E-state index in [-0.39, 0.29) is 6.10 Å². The molecule has 1 saturated heterocycles. The fraction of sp³-hybridized carbons (Fsp3) is 1.00. The van der Waals surface area contributed by atoms with Crippen LogP contribution in [-0.2, 0) is 4.74 Å². The molecule has 0 aromatic heterocycles. The Kier molecular flexibility index (Phi) is 6.10. The Bertz CT molecular complexity index is 310. The van der Waals surface area contributed by atoms with E-state index in [0.717, 1.165) is 31.2 Å². The highest BCUT2D eigenvalue weighted by Crippen LogP contribution is 2.39. The number of ether oxygens (including phenoxy) is 1. The summed E-state index contributed by atoms with van der Waals surface area (Å²) in [6, 6.07) is 0. The predicted molar refractivity (Wildman–Crippen MR) is 86.5 cm³/mol. The monoisotopic (exact) mass is 298 g/mol. The van der Waals surface area contributed by atoms with Gasteiger partial charge in [0.2, 0.25) is 0 Å². The Morgan fingerprint density at radius 3 is 2.43 bits per heavy atom. The molecule has 21 heavy (non-hydrogen) atoms. The summed E-state index contributed by atoms with van der Waals surface area (Å²) in [6.07, 6.45) is 6.24. The summed E-state index contributed by atoms with van der Waals surface area (Å²) in [6.45, 7) is 13.2. The molecule has 0 aromatic rings. The molecule has 1 aliphatic carbocycles. The second-order valence-electron chi connectivity index (χ2n) is 8.66. The number of hydrogen-bond acceptors (Lipinski definition) is 2. The first-order chi connectivity index (χ1) is 9.84. The lowest BCUT2D eigenvalue weighted by molar-refractivity contribution is -0.909. The van der Waals surface area contributed by atoms with Gasteiger partial charge in [-0.15, -0.1) is 0 Å². The lowest BCUT2D eigenvalue weighted by Crippen LogP contribution is -3.14. The van der Waals surface area contributed by atoms with Crippen LogP contribution in [0, 0.1) is 17.3 Å². The predicted octanol–water partition coefficient (Wildman–Crippen LogP) is 1.89. The third-order valence-corrected chi connectivity index (χ3v) is 5.38. The van der Waals surface area contributed by atoms with Crippen molar-refractivity contribution < 1.29 is 14.7 Å². The van der Waals surface area contributed by atoms with Crippen LogP contribution in [0.1, 0.15) is 59.8 Å². The van der Waals surface area contributed by atoms with Crippen molar-refractivity contribution >= 4 is 0 Å². The standard InChI is InChI=1S/C18H35NO2/c1-14-5-7-19(8-6-14)12-16(20)13-21-17-9-15(2)10-18(3,4)11-17/h14-17,20H,5-13H2,1-4H3/p+1/t15-,16-,17+/m0/s1. The topological polar surface area (TPSA) is 33.9 Å². The molecule has 2 fully saturated rings. The molecule has 1 aliphatic heterocycles. The van der Waals surface area contributed by atoms with Gasteiger partial charge >= 0.3 is 0 Å². The van der Waals surface area contributed by atoms with E-state index in [1.54, 1.807) is 4.90 Å². The van der Waals surface area contributed by atoms with Gasteiger partial charge in [-0.25, -0.2) is 0 Å². The zero-order valence-electron chi connectivity index (χ0n) is 14.5. The van der Waals surface area contributed by atoms with Gasteiger partial charge in [0.25, 0.3) is 0 Å². The molecule has 2 aliphatic rings. The third-order valence-electron chi connectivity index (χ3n) is 5.38. The number of quaternary nitrogens is 1. The first kappa shape index (κ1) is 17.2. The van der Waals surface area contributed by atoms with Gasteiger partial charge in [0.1, 0.15) is 12.6 Å². The molecule has 0 aromatic carbocycles. The summed E-state index contributed by atoms with van der Waals surface area (Å²) < 4.78 is 6.05. The maximum atomic E-state index is 10.2. The van der Waals surface area contributed by atoms with E-state index in [9.17, 15) is 5.11 Å². The Labute approximate surface area is 131 Å². The van der Waals surface area contributed by atoms with Crippen molar-refractivity contribution in [3.63, 3.8) is 0 Å². The summed E-state index contributed by atoms with van der Waals surface area (Å²) in [4.78, 5) is 1.56. The van der Waals surface area contributed by atoms with Crippen molar-refractivity contribution in [2.45, 2.75) is 72.0 Å². The van der Waals surface area contributed by atoms with E-state index in [1.165, 1.54) is 32.4 Å². The van der Waals surface area contributed by atoms with Crippen molar-refractivity contribution in [1.82, 2.24) is 0 Å². The van der Waals surface area contributed by atoms with E-state index in [1.807, 2.05) is 0 Å². The highest BCUT2D eigenvalue weighted by Gasteiger charge is 2.33. The highest BCUT2D eigenvalue weighted by atomic mass is 16.5. The van der Waals surface area contributed by atoms with E-state index >= 15 is 0 Å². The van der Waals surface area contributed by atoms with Crippen LogP contribution in [0.5, 0.6) is 0 Å². The number of aliphatic hydroxyl groups excluding tert-OH is 1. The highest BCUT2D eigenvalue weighted by molar-refractivity contribution is 4.83. The Hall–Kier alpha value is -0.120. The molecule has 0 bridgehead atoms. The van der Waals surface area contributed by atoms with Gasteiger partial charge in [-0.2, -0.15) is 0 Å². The normalized spacial score (nSPS) is 38.1. The molecular weight excluding hydrogens is 262 g/mol. The minimum Gasteiger partial charge on any atom is -0.385 e. The number of likely N-dealkylation sites (tertiary alicyclic amines) is 1. The van der Waals surface area contributed by atoms with Crippen LogP contribution in [0.3, 0.4) is 0 Å². The molecule has 0 amide bonds. The number of rotatable bonds is 5. The fourth-order valence-electron chi connectivity index (χ4n) is 4.40. The SMILES string of the molecule is CC1CC[NH+](C[C@H](O)CO[C@@H]2C[C@H](C)CC(C)(C)C2)CC1. The molecule has 1 saturated carbocycles. The number of piperidine rings is 1. The summed E-state index contributed by atoms with van der Waals surface area (Å²) in [5, 5.41) is 10.2. The van der Waals surface area contributed by atoms with E-state index in [4.69, 9.17) is 4.74 Å². The average molecular weight is 298 g/mol. The van der Waals surface area contributed by atoms with Gasteiger partial charge in [-0.1, -0.05) is 27.7 Å². The van der Waals surface area contributed by atoms with Gasteiger partial charge in [-0.05, 0) is 49.4 Å². The van der Waals surface area contributed by atoms with Crippen LogP contribution in [0.25, 0.3) is 0 Å². The maximum absolute atomic E-state index is 10.2. The van der Waals surface area contributed by atoms with Crippen molar-refractivity contribution in [1.29, 1.82) is 0 Å². The van der Waals surface area contributed by atoms with Gasteiger partial charge < -0.3 is 14.7 Å². The van der Waals surface area contributed by atoms with Crippen LogP contribution in [0.4, 0.5) is 0 Å². The lowest BCUT2D eigenvalue weighted by Gasteiger charge is -2.39. The van der Waals surface area contributed by atoms with E-state index in [0.29, 0.717) is 18.1 Å². The van der Waals surface area contributed by atoms with Gasteiger partial charge in [0.15, 0.2) is 0 Å². The first-order valence-electron chi connectivity index (χ1n) is 8.97. The Balaban J connectivity index is 1.67. The second-order valence-corrected chi connectivity index (χ2v) is 8.66. The van der Waals surface area contributed by atoms with E-state index in [2.05, 4.69) is 27.7 Å². The third kappa shape index (κ3) is 5.88. The maximum Gasteiger partial charge on any atom is 0.126 e. The van der Waals surface area contributed by atoms with Crippen LogP contribution in [0.15, 0.2) is 0 Å². The van der Waals surface area contributed by atoms with E-state index < -0.39 is 0 Å². The zero-order chi connectivity index (χ0) is 15.5. The first-order valence-corrected chi connectivity index (χ1v) is 8.97. The summed E-state index contributed by atoms with van der Waals surface area (Å²) in [5.74, 6) is 1.61. The molecule has 2 N–H and O–H groups in total. The van der Waals surface area contributed by atoms with Gasteiger partial charge in [0, 0.05) is 0 Å². The molecule has 0 spiro atoms. The number of hydrogen-bond donors (Lipinski definition) is 2. The fourth-order valence-corrected chi connectivity index (χ4v) is 4.40. The molecule has 2 rings (SSSR count). The molecule has 124 valence electrons.